The largest absolute Gasteiger partial charge is 0.339 e. The van der Waals surface area contributed by atoms with E-state index in [-0.39, 0.29) is 0 Å². The second kappa shape index (κ2) is 3.13. The van der Waals surface area contributed by atoms with Crippen molar-refractivity contribution in [1.82, 2.24) is 10.1 Å². The molecule has 0 bridgehead atoms. The number of aryl methyl sites for hydroxylation is 1. The molecular formula is C10H16N2O. The summed E-state index contributed by atoms with van der Waals surface area (Å²) in [7, 11) is 0. The molecule has 0 aromatic carbocycles. The molecule has 1 aliphatic carbocycles. The summed E-state index contributed by atoms with van der Waals surface area (Å²) in [5, 5.41) is 3.80. The van der Waals surface area contributed by atoms with Crippen molar-refractivity contribution in [3.8, 4) is 0 Å². The molecule has 3 heteroatoms. The third kappa shape index (κ3) is 1.60. The van der Waals surface area contributed by atoms with Crippen LogP contribution in [-0.2, 0) is 0 Å². The molecule has 2 rings (SSSR count). The van der Waals surface area contributed by atoms with Crippen LogP contribution in [0.2, 0.25) is 0 Å². The normalized spacial score (nSPS) is 27.7. The van der Waals surface area contributed by atoms with Crippen LogP contribution in [0.15, 0.2) is 4.52 Å². The monoisotopic (exact) mass is 180 g/mol. The zero-order valence-corrected chi connectivity index (χ0v) is 8.45. The van der Waals surface area contributed by atoms with Gasteiger partial charge in [-0.15, -0.1) is 0 Å². The van der Waals surface area contributed by atoms with Gasteiger partial charge in [-0.2, -0.15) is 4.98 Å². The molecule has 0 aliphatic heterocycles. The number of rotatable bonds is 2. The summed E-state index contributed by atoms with van der Waals surface area (Å²) in [4.78, 5) is 4.25. The van der Waals surface area contributed by atoms with Crippen LogP contribution >= 0.6 is 0 Å². The first kappa shape index (κ1) is 8.73. The SMILES string of the molecule is Cc1noc(C2CC(C(C)C)C2)n1. The fourth-order valence-electron chi connectivity index (χ4n) is 1.89. The number of hydrogen-bond donors (Lipinski definition) is 0. The Kier molecular flexibility index (Phi) is 2.10. The highest BCUT2D eigenvalue weighted by Crippen LogP contribution is 2.44. The maximum Gasteiger partial charge on any atom is 0.229 e. The molecule has 3 nitrogen and oxygen atoms in total. The lowest BCUT2D eigenvalue weighted by Crippen LogP contribution is -2.26. The Morgan fingerprint density at radius 3 is 2.54 bits per heavy atom. The molecule has 72 valence electrons. The van der Waals surface area contributed by atoms with E-state index in [2.05, 4.69) is 24.0 Å². The van der Waals surface area contributed by atoms with Crippen LogP contribution < -0.4 is 0 Å². The van der Waals surface area contributed by atoms with Gasteiger partial charge in [-0.05, 0) is 31.6 Å². The fourth-order valence-corrected chi connectivity index (χ4v) is 1.89. The van der Waals surface area contributed by atoms with E-state index in [0.717, 1.165) is 23.6 Å². The Bertz CT molecular complexity index is 287. The van der Waals surface area contributed by atoms with Crippen LogP contribution in [0.5, 0.6) is 0 Å². The van der Waals surface area contributed by atoms with Crippen molar-refractivity contribution in [2.24, 2.45) is 11.8 Å². The predicted molar refractivity (Wildman–Crippen MR) is 49.3 cm³/mol. The first-order valence-corrected chi connectivity index (χ1v) is 4.97. The van der Waals surface area contributed by atoms with Crippen molar-refractivity contribution < 1.29 is 4.52 Å². The van der Waals surface area contributed by atoms with Crippen LogP contribution in [0.4, 0.5) is 0 Å². The minimum absolute atomic E-state index is 0.536. The maximum atomic E-state index is 5.14. The molecule has 0 spiro atoms. The van der Waals surface area contributed by atoms with Crippen molar-refractivity contribution in [2.75, 3.05) is 0 Å². The summed E-state index contributed by atoms with van der Waals surface area (Å²) in [6.07, 6.45) is 2.44. The Morgan fingerprint density at radius 2 is 2.08 bits per heavy atom. The van der Waals surface area contributed by atoms with Crippen molar-refractivity contribution in [2.45, 2.75) is 39.5 Å². The van der Waals surface area contributed by atoms with E-state index in [9.17, 15) is 0 Å². The van der Waals surface area contributed by atoms with E-state index >= 15 is 0 Å². The summed E-state index contributed by atoms with van der Waals surface area (Å²) in [5.74, 6) is 3.78. The fraction of sp³-hybridized carbons (Fsp3) is 0.800. The van der Waals surface area contributed by atoms with Crippen LogP contribution in [0.3, 0.4) is 0 Å². The highest BCUT2D eigenvalue weighted by molar-refractivity contribution is 5.00. The standard InChI is InChI=1S/C10H16N2O/c1-6(2)8-4-9(5-8)10-11-7(3)12-13-10/h6,8-9H,4-5H2,1-3H3. The first-order chi connectivity index (χ1) is 6.16. The molecule has 13 heavy (non-hydrogen) atoms. The summed E-state index contributed by atoms with van der Waals surface area (Å²) in [6.45, 7) is 6.42. The highest BCUT2D eigenvalue weighted by Gasteiger charge is 2.35. The van der Waals surface area contributed by atoms with Gasteiger partial charge in [-0.3, -0.25) is 0 Å². The van der Waals surface area contributed by atoms with Gasteiger partial charge in [0.15, 0.2) is 5.82 Å². The van der Waals surface area contributed by atoms with Crippen LogP contribution in [-0.4, -0.2) is 10.1 Å². The minimum atomic E-state index is 0.536. The molecule has 0 unspecified atom stereocenters. The van der Waals surface area contributed by atoms with Gasteiger partial charge in [0.1, 0.15) is 0 Å². The lowest BCUT2D eigenvalue weighted by Gasteiger charge is -2.35. The van der Waals surface area contributed by atoms with Gasteiger partial charge in [0.2, 0.25) is 5.89 Å². The Morgan fingerprint density at radius 1 is 1.38 bits per heavy atom. The third-order valence-corrected chi connectivity index (χ3v) is 3.01. The highest BCUT2D eigenvalue weighted by atomic mass is 16.5. The molecule has 1 heterocycles. The number of nitrogens with zero attached hydrogens (tertiary/aromatic N) is 2. The van der Waals surface area contributed by atoms with Gasteiger partial charge in [-0.1, -0.05) is 19.0 Å². The lowest BCUT2D eigenvalue weighted by atomic mass is 9.69. The van der Waals surface area contributed by atoms with E-state index in [1.807, 2.05) is 6.92 Å². The molecule has 0 saturated heterocycles. The van der Waals surface area contributed by atoms with E-state index in [0.29, 0.717) is 5.92 Å². The quantitative estimate of drug-likeness (QED) is 0.702. The van der Waals surface area contributed by atoms with Crippen molar-refractivity contribution in [3.63, 3.8) is 0 Å². The summed E-state index contributed by atoms with van der Waals surface area (Å²) < 4.78 is 5.14. The lowest BCUT2D eigenvalue weighted by molar-refractivity contribution is 0.165. The molecule has 1 aromatic heterocycles. The van der Waals surface area contributed by atoms with Crippen LogP contribution in [0.1, 0.15) is 44.3 Å². The topological polar surface area (TPSA) is 38.9 Å². The maximum absolute atomic E-state index is 5.14. The van der Waals surface area contributed by atoms with E-state index in [4.69, 9.17) is 4.52 Å². The van der Waals surface area contributed by atoms with Gasteiger partial charge < -0.3 is 4.52 Å². The van der Waals surface area contributed by atoms with Crippen molar-refractivity contribution in [1.29, 1.82) is 0 Å². The van der Waals surface area contributed by atoms with Crippen molar-refractivity contribution >= 4 is 0 Å². The Hall–Kier alpha value is -0.860. The van der Waals surface area contributed by atoms with E-state index in [1.54, 1.807) is 0 Å². The molecule has 1 aliphatic rings. The number of aromatic nitrogens is 2. The van der Waals surface area contributed by atoms with Gasteiger partial charge in [0, 0.05) is 5.92 Å². The Labute approximate surface area is 78.5 Å². The molecule has 1 fully saturated rings. The average Bonchev–Trinajstić information content (AvgIpc) is 2.31. The molecule has 0 N–H and O–H groups in total. The predicted octanol–water partition coefficient (Wildman–Crippen LogP) is 2.53. The summed E-state index contributed by atoms with van der Waals surface area (Å²) in [6, 6.07) is 0. The third-order valence-electron chi connectivity index (χ3n) is 3.01. The zero-order valence-electron chi connectivity index (χ0n) is 8.45. The smallest absolute Gasteiger partial charge is 0.229 e. The molecule has 0 amide bonds. The van der Waals surface area contributed by atoms with E-state index < -0.39 is 0 Å². The van der Waals surface area contributed by atoms with Crippen LogP contribution in [0, 0.1) is 18.8 Å². The van der Waals surface area contributed by atoms with Crippen LogP contribution in [0.25, 0.3) is 0 Å². The molecule has 1 saturated carbocycles. The van der Waals surface area contributed by atoms with Gasteiger partial charge >= 0.3 is 0 Å². The van der Waals surface area contributed by atoms with Gasteiger partial charge in [0.25, 0.3) is 0 Å². The summed E-state index contributed by atoms with van der Waals surface area (Å²) in [5.41, 5.74) is 0. The molecule has 0 radical (unpaired) electrons. The zero-order chi connectivity index (χ0) is 9.42. The molecule has 1 aromatic rings. The molecular weight excluding hydrogens is 164 g/mol. The second-order valence-corrected chi connectivity index (χ2v) is 4.35. The number of hydrogen-bond acceptors (Lipinski definition) is 3. The minimum Gasteiger partial charge on any atom is -0.339 e. The van der Waals surface area contributed by atoms with Gasteiger partial charge in [0.05, 0.1) is 0 Å². The second-order valence-electron chi connectivity index (χ2n) is 4.35. The van der Waals surface area contributed by atoms with Gasteiger partial charge in [-0.25, -0.2) is 0 Å². The summed E-state index contributed by atoms with van der Waals surface area (Å²) >= 11 is 0. The average molecular weight is 180 g/mol. The first-order valence-electron chi connectivity index (χ1n) is 4.97. The molecule has 0 atom stereocenters. The van der Waals surface area contributed by atoms with E-state index in [1.165, 1.54) is 12.8 Å². The van der Waals surface area contributed by atoms with Crippen molar-refractivity contribution in [3.05, 3.63) is 11.7 Å². The Balaban J connectivity index is 1.93.